The third-order valence-corrected chi connectivity index (χ3v) is 5.00. The smallest absolute Gasteiger partial charge is 0.283 e. The maximum atomic E-state index is 5.93. The molecule has 1 atom stereocenters. The van der Waals surface area contributed by atoms with Crippen LogP contribution in [0.1, 0.15) is 18.1 Å². The van der Waals surface area contributed by atoms with Gasteiger partial charge >= 0.3 is 0 Å². The SMILES string of the molecule is CCOc1ccc(C2(c3cccc(-c4cncc(OC)c4)c3)COC(N)=N2)cc1. The zero-order valence-electron chi connectivity index (χ0n) is 16.5. The van der Waals surface area contributed by atoms with Crippen LogP contribution in [0.3, 0.4) is 0 Å². The number of aromatic nitrogens is 1. The first-order chi connectivity index (χ1) is 14.1. The molecule has 0 aliphatic carbocycles. The largest absolute Gasteiger partial charge is 0.495 e. The second-order valence-electron chi connectivity index (χ2n) is 6.75. The van der Waals surface area contributed by atoms with Gasteiger partial charge in [-0.1, -0.05) is 30.3 Å². The number of hydrogen-bond acceptors (Lipinski definition) is 6. The molecule has 1 aliphatic rings. The molecule has 0 spiro atoms. The third kappa shape index (κ3) is 3.61. The summed E-state index contributed by atoms with van der Waals surface area (Å²) in [6, 6.07) is 18.2. The summed E-state index contributed by atoms with van der Waals surface area (Å²) < 4.78 is 16.5. The molecule has 0 amide bonds. The molecule has 6 heteroatoms. The van der Waals surface area contributed by atoms with E-state index in [-0.39, 0.29) is 6.02 Å². The van der Waals surface area contributed by atoms with Crippen molar-refractivity contribution in [3.63, 3.8) is 0 Å². The number of benzene rings is 2. The van der Waals surface area contributed by atoms with Gasteiger partial charge in [0.05, 0.1) is 19.9 Å². The Morgan fingerprint density at radius 1 is 1.00 bits per heavy atom. The van der Waals surface area contributed by atoms with Crippen molar-refractivity contribution in [2.75, 3.05) is 20.3 Å². The van der Waals surface area contributed by atoms with Crippen LogP contribution < -0.4 is 15.2 Å². The van der Waals surface area contributed by atoms with Crippen molar-refractivity contribution in [2.24, 2.45) is 10.7 Å². The normalized spacial score (nSPS) is 18.1. The van der Waals surface area contributed by atoms with Crippen molar-refractivity contribution >= 4 is 6.02 Å². The van der Waals surface area contributed by atoms with Crippen LogP contribution in [0.4, 0.5) is 0 Å². The Balaban J connectivity index is 1.78. The van der Waals surface area contributed by atoms with Gasteiger partial charge in [0.2, 0.25) is 0 Å². The van der Waals surface area contributed by atoms with Crippen molar-refractivity contribution < 1.29 is 14.2 Å². The number of nitrogens with two attached hydrogens (primary N) is 1. The molecule has 1 aliphatic heterocycles. The minimum Gasteiger partial charge on any atom is -0.495 e. The molecule has 6 nitrogen and oxygen atoms in total. The summed E-state index contributed by atoms with van der Waals surface area (Å²) in [6.07, 6.45) is 3.50. The number of nitrogens with zero attached hydrogens (tertiary/aromatic N) is 2. The predicted molar refractivity (Wildman–Crippen MR) is 112 cm³/mol. The van der Waals surface area contributed by atoms with Crippen LogP contribution in [0.15, 0.2) is 72.0 Å². The molecule has 0 fully saturated rings. The van der Waals surface area contributed by atoms with Crippen molar-refractivity contribution in [1.82, 2.24) is 4.98 Å². The summed E-state index contributed by atoms with van der Waals surface area (Å²) in [5.74, 6) is 1.53. The van der Waals surface area contributed by atoms with E-state index in [4.69, 9.17) is 24.9 Å². The van der Waals surface area contributed by atoms with E-state index in [1.54, 1.807) is 13.3 Å². The molecule has 1 unspecified atom stereocenters. The zero-order valence-corrected chi connectivity index (χ0v) is 16.5. The molecule has 0 radical (unpaired) electrons. The molecular formula is C23H23N3O3. The van der Waals surface area contributed by atoms with E-state index < -0.39 is 5.54 Å². The van der Waals surface area contributed by atoms with E-state index in [9.17, 15) is 0 Å². The summed E-state index contributed by atoms with van der Waals surface area (Å²) >= 11 is 0. The second-order valence-corrected chi connectivity index (χ2v) is 6.75. The molecule has 0 saturated carbocycles. The van der Waals surface area contributed by atoms with Crippen LogP contribution in [0, 0.1) is 0 Å². The zero-order chi connectivity index (χ0) is 20.3. The lowest BCUT2D eigenvalue weighted by Crippen LogP contribution is -2.27. The predicted octanol–water partition coefficient (Wildman–Crippen LogP) is 3.74. The van der Waals surface area contributed by atoms with Gasteiger partial charge in [0.15, 0.2) is 5.54 Å². The molecule has 2 heterocycles. The van der Waals surface area contributed by atoms with Crippen LogP contribution in [0.25, 0.3) is 11.1 Å². The molecule has 29 heavy (non-hydrogen) atoms. The van der Waals surface area contributed by atoms with E-state index in [1.165, 1.54) is 0 Å². The Bertz CT molecular complexity index is 1030. The number of rotatable bonds is 6. The Kier molecular flexibility index (Phi) is 5.08. The van der Waals surface area contributed by atoms with Crippen LogP contribution in [-0.4, -0.2) is 31.3 Å². The Hall–Kier alpha value is -3.54. The number of methoxy groups -OCH3 is 1. The highest BCUT2D eigenvalue weighted by Gasteiger charge is 2.40. The van der Waals surface area contributed by atoms with Crippen molar-refractivity contribution in [3.8, 4) is 22.6 Å². The topological polar surface area (TPSA) is 79.0 Å². The fraction of sp³-hybridized carbons (Fsp3) is 0.217. The highest BCUT2D eigenvalue weighted by Crippen LogP contribution is 2.39. The summed E-state index contributed by atoms with van der Waals surface area (Å²) in [5.41, 5.74) is 9.17. The summed E-state index contributed by atoms with van der Waals surface area (Å²) in [4.78, 5) is 8.96. The van der Waals surface area contributed by atoms with Crippen molar-refractivity contribution in [3.05, 3.63) is 78.1 Å². The van der Waals surface area contributed by atoms with Gasteiger partial charge in [-0.2, -0.15) is 0 Å². The monoisotopic (exact) mass is 389 g/mol. The lowest BCUT2D eigenvalue weighted by atomic mass is 9.83. The van der Waals surface area contributed by atoms with Gasteiger partial charge in [0.1, 0.15) is 18.1 Å². The molecule has 2 aromatic carbocycles. The minimum absolute atomic E-state index is 0.187. The number of ether oxygens (including phenoxy) is 3. The van der Waals surface area contributed by atoms with E-state index in [1.807, 2.05) is 61.7 Å². The lowest BCUT2D eigenvalue weighted by Gasteiger charge is -2.26. The fourth-order valence-electron chi connectivity index (χ4n) is 3.53. The van der Waals surface area contributed by atoms with Crippen LogP contribution in [0.5, 0.6) is 11.5 Å². The maximum absolute atomic E-state index is 5.93. The molecule has 1 aromatic heterocycles. The van der Waals surface area contributed by atoms with Crippen LogP contribution >= 0.6 is 0 Å². The maximum Gasteiger partial charge on any atom is 0.283 e. The van der Waals surface area contributed by atoms with Crippen LogP contribution in [0.2, 0.25) is 0 Å². The van der Waals surface area contributed by atoms with Gasteiger partial charge in [0.25, 0.3) is 6.02 Å². The van der Waals surface area contributed by atoms with Gasteiger partial charge in [-0.3, -0.25) is 4.98 Å². The molecular weight excluding hydrogens is 366 g/mol. The number of pyridine rings is 1. The van der Waals surface area contributed by atoms with Crippen LogP contribution in [-0.2, 0) is 10.3 Å². The van der Waals surface area contributed by atoms with Gasteiger partial charge in [0, 0.05) is 11.8 Å². The summed E-state index contributed by atoms with van der Waals surface area (Å²) in [6.45, 7) is 2.92. The Morgan fingerprint density at radius 3 is 2.52 bits per heavy atom. The van der Waals surface area contributed by atoms with Crippen molar-refractivity contribution in [2.45, 2.75) is 12.5 Å². The van der Waals surface area contributed by atoms with E-state index >= 15 is 0 Å². The molecule has 0 saturated heterocycles. The van der Waals surface area contributed by atoms with E-state index in [2.05, 4.69) is 11.1 Å². The van der Waals surface area contributed by atoms with Crippen molar-refractivity contribution in [1.29, 1.82) is 0 Å². The number of amidine groups is 1. The first-order valence-electron chi connectivity index (χ1n) is 9.46. The van der Waals surface area contributed by atoms with Gasteiger partial charge < -0.3 is 19.9 Å². The lowest BCUT2D eigenvalue weighted by molar-refractivity contribution is 0.278. The average molecular weight is 389 g/mol. The average Bonchev–Trinajstić information content (AvgIpc) is 3.17. The molecule has 148 valence electrons. The number of aliphatic imine (C=N–C) groups is 1. The summed E-state index contributed by atoms with van der Waals surface area (Å²) in [5, 5.41) is 0. The second kappa shape index (κ2) is 7.83. The molecule has 3 aromatic rings. The summed E-state index contributed by atoms with van der Waals surface area (Å²) in [7, 11) is 1.63. The van der Waals surface area contributed by atoms with Gasteiger partial charge in [-0.15, -0.1) is 0 Å². The number of hydrogen-bond donors (Lipinski definition) is 1. The van der Waals surface area contributed by atoms with E-state index in [0.29, 0.717) is 19.0 Å². The minimum atomic E-state index is -0.711. The third-order valence-electron chi connectivity index (χ3n) is 5.00. The molecule has 2 N–H and O–H groups in total. The molecule has 4 rings (SSSR count). The first-order valence-corrected chi connectivity index (χ1v) is 9.46. The van der Waals surface area contributed by atoms with E-state index in [0.717, 1.165) is 28.0 Å². The quantitative estimate of drug-likeness (QED) is 0.695. The fourth-order valence-corrected chi connectivity index (χ4v) is 3.53. The standard InChI is InChI=1S/C23H23N3O3/c1-3-28-20-9-7-18(8-10-20)23(15-29-22(24)26-23)19-6-4-5-16(11-19)17-12-21(27-2)14-25-13-17/h4-14H,3,15H2,1-2H3,(H2,24,26). The first kappa shape index (κ1) is 18.8. The molecule has 0 bridgehead atoms. The Morgan fingerprint density at radius 2 is 1.83 bits per heavy atom. The Labute approximate surface area is 170 Å². The highest BCUT2D eigenvalue weighted by atomic mass is 16.5. The van der Waals surface area contributed by atoms with Gasteiger partial charge in [-0.25, -0.2) is 4.99 Å². The highest BCUT2D eigenvalue weighted by molar-refractivity contribution is 5.76. The van der Waals surface area contributed by atoms with Gasteiger partial charge in [-0.05, 0) is 47.9 Å².